The standard InChI is InChI=1S/C25H17F6N3O6S/c26-24(27,28)22(36)40-19-5-1-15(2-6-19)11-17-12-32-10-9-16(17)13-33-14-21(35)34(23(33)37)18-3-7-20(8-4-18)41(38,39)25(29,30)31/h1-10,12H,11,13-14H2. The highest BCUT2D eigenvalue weighted by atomic mass is 32.2. The fraction of sp³-hybridized carbons (Fsp3) is 0.200. The molecule has 3 amide bonds. The van der Waals surface area contributed by atoms with E-state index in [1.165, 1.54) is 41.6 Å². The van der Waals surface area contributed by atoms with Crippen molar-refractivity contribution in [3.05, 3.63) is 83.7 Å². The SMILES string of the molecule is O=C1CN(Cc2ccncc2Cc2ccc(OC(=O)C(F)(F)F)cc2)C(=O)N1c1ccc(S(=O)(=O)C(F)(F)F)cc1. The van der Waals surface area contributed by atoms with E-state index in [0.717, 1.165) is 12.1 Å². The second-order valence-electron chi connectivity index (χ2n) is 8.66. The molecule has 4 rings (SSSR count). The minimum atomic E-state index is -5.61. The first-order chi connectivity index (χ1) is 19.1. The number of sulfone groups is 1. The third-order valence-electron chi connectivity index (χ3n) is 5.87. The summed E-state index contributed by atoms with van der Waals surface area (Å²) in [5.41, 5.74) is -3.86. The molecule has 3 aromatic rings. The van der Waals surface area contributed by atoms with Gasteiger partial charge >= 0.3 is 23.7 Å². The second kappa shape index (κ2) is 10.8. The van der Waals surface area contributed by atoms with Gasteiger partial charge in [0.25, 0.3) is 15.7 Å². The number of aromatic nitrogens is 1. The van der Waals surface area contributed by atoms with Gasteiger partial charge in [-0.3, -0.25) is 9.78 Å². The van der Waals surface area contributed by atoms with Crippen molar-refractivity contribution >= 4 is 33.4 Å². The van der Waals surface area contributed by atoms with Gasteiger partial charge < -0.3 is 9.64 Å². The summed E-state index contributed by atoms with van der Waals surface area (Å²) in [6.07, 6.45) is -2.00. The van der Waals surface area contributed by atoms with Crippen LogP contribution in [0.3, 0.4) is 0 Å². The third-order valence-corrected chi connectivity index (χ3v) is 7.38. The predicted molar refractivity (Wildman–Crippen MR) is 128 cm³/mol. The molecule has 16 heteroatoms. The largest absolute Gasteiger partial charge is 0.501 e. The number of hydrogen-bond acceptors (Lipinski definition) is 7. The highest BCUT2D eigenvalue weighted by Gasteiger charge is 2.47. The molecule has 0 saturated carbocycles. The number of alkyl halides is 6. The van der Waals surface area contributed by atoms with Crippen molar-refractivity contribution in [1.29, 1.82) is 0 Å². The molecule has 0 spiro atoms. The molecule has 1 saturated heterocycles. The summed E-state index contributed by atoms with van der Waals surface area (Å²) in [4.78, 5) is 41.5. The summed E-state index contributed by atoms with van der Waals surface area (Å²) < 4.78 is 103. The summed E-state index contributed by atoms with van der Waals surface area (Å²) in [5, 5.41) is 0. The van der Waals surface area contributed by atoms with Crippen molar-refractivity contribution in [3.63, 3.8) is 0 Å². The molecule has 0 N–H and O–H groups in total. The van der Waals surface area contributed by atoms with Gasteiger partial charge in [0.1, 0.15) is 12.3 Å². The number of urea groups is 1. The number of ether oxygens (including phenoxy) is 1. The number of carbonyl (C=O) groups excluding carboxylic acids is 3. The lowest BCUT2D eigenvalue weighted by Gasteiger charge is -2.19. The fourth-order valence-corrected chi connectivity index (χ4v) is 4.63. The van der Waals surface area contributed by atoms with Crippen LogP contribution in [0.1, 0.15) is 16.7 Å². The van der Waals surface area contributed by atoms with Crippen molar-refractivity contribution in [1.82, 2.24) is 9.88 Å². The van der Waals surface area contributed by atoms with Crippen molar-refractivity contribution in [2.24, 2.45) is 0 Å². The van der Waals surface area contributed by atoms with E-state index in [-0.39, 0.29) is 30.9 Å². The first kappa shape index (κ1) is 29.5. The van der Waals surface area contributed by atoms with E-state index in [9.17, 15) is 49.1 Å². The van der Waals surface area contributed by atoms with Gasteiger partial charge in [-0.1, -0.05) is 12.1 Å². The Balaban J connectivity index is 1.47. The molecule has 9 nitrogen and oxygen atoms in total. The van der Waals surface area contributed by atoms with Crippen LogP contribution in [0.4, 0.5) is 36.8 Å². The third kappa shape index (κ3) is 6.32. The van der Waals surface area contributed by atoms with Crippen LogP contribution >= 0.6 is 0 Å². The molecule has 2 aromatic carbocycles. The maximum atomic E-state index is 13.0. The Hall–Kier alpha value is -4.47. The molecule has 0 bridgehead atoms. The van der Waals surface area contributed by atoms with Crippen LogP contribution in [0, 0.1) is 0 Å². The number of carbonyl (C=O) groups is 3. The minimum absolute atomic E-state index is 0.0687. The smallest absolute Gasteiger partial charge is 0.420 e. The number of imide groups is 1. The molecule has 1 aliphatic heterocycles. The lowest BCUT2D eigenvalue weighted by Crippen LogP contribution is -2.33. The van der Waals surface area contributed by atoms with E-state index >= 15 is 0 Å². The molecule has 0 aliphatic carbocycles. The van der Waals surface area contributed by atoms with Crippen molar-refractivity contribution in [2.45, 2.75) is 29.5 Å². The number of rotatable bonds is 7. The number of amides is 3. The Labute approximate surface area is 227 Å². The zero-order valence-electron chi connectivity index (χ0n) is 20.4. The van der Waals surface area contributed by atoms with E-state index < -0.39 is 44.3 Å². The molecular formula is C25H17F6N3O6S. The number of esters is 1. The number of nitrogens with zero attached hydrogens (tertiary/aromatic N) is 3. The maximum Gasteiger partial charge on any atom is 0.501 e. The van der Waals surface area contributed by atoms with E-state index in [0.29, 0.717) is 33.7 Å². The summed E-state index contributed by atoms with van der Waals surface area (Å²) in [6, 6.07) is 9.18. The van der Waals surface area contributed by atoms with E-state index in [1.807, 2.05) is 0 Å². The molecule has 0 unspecified atom stereocenters. The van der Waals surface area contributed by atoms with Crippen LogP contribution in [0.2, 0.25) is 0 Å². The van der Waals surface area contributed by atoms with E-state index in [1.54, 1.807) is 6.07 Å². The fourth-order valence-electron chi connectivity index (χ4n) is 3.87. The Morgan fingerprint density at radius 2 is 1.54 bits per heavy atom. The minimum Gasteiger partial charge on any atom is -0.420 e. The monoisotopic (exact) mass is 601 g/mol. The van der Waals surface area contributed by atoms with Crippen molar-refractivity contribution < 1.29 is 53.9 Å². The van der Waals surface area contributed by atoms with Gasteiger partial charge in [0.15, 0.2) is 0 Å². The van der Waals surface area contributed by atoms with Gasteiger partial charge in [-0.25, -0.2) is 22.9 Å². The van der Waals surface area contributed by atoms with Crippen LogP contribution in [0.25, 0.3) is 0 Å². The number of halogens is 6. The molecule has 1 aromatic heterocycles. The second-order valence-corrected chi connectivity index (χ2v) is 10.6. The van der Waals surface area contributed by atoms with Gasteiger partial charge in [0.05, 0.1) is 10.6 Å². The van der Waals surface area contributed by atoms with Crippen molar-refractivity contribution in [2.75, 3.05) is 11.4 Å². The number of hydrogen-bond donors (Lipinski definition) is 0. The Bertz CT molecular complexity index is 1590. The number of anilines is 1. The first-order valence-electron chi connectivity index (χ1n) is 11.4. The Kier molecular flexibility index (Phi) is 7.80. The van der Waals surface area contributed by atoms with Crippen LogP contribution in [-0.4, -0.2) is 54.4 Å². The van der Waals surface area contributed by atoms with Crippen LogP contribution in [0.15, 0.2) is 71.9 Å². The summed E-state index contributed by atoms with van der Waals surface area (Å²) in [5.74, 6) is -3.37. The zero-order chi connectivity index (χ0) is 30.2. The summed E-state index contributed by atoms with van der Waals surface area (Å²) in [6.45, 7) is -0.441. The lowest BCUT2D eigenvalue weighted by atomic mass is 10.0. The number of benzene rings is 2. The predicted octanol–water partition coefficient (Wildman–Crippen LogP) is 4.40. The van der Waals surface area contributed by atoms with Gasteiger partial charge in [-0.05, 0) is 65.6 Å². The average Bonchev–Trinajstić information content (AvgIpc) is 3.17. The summed E-state index contributed by atoms with van der Waals surface area (Å²) in [7, 11) is -5.61. The Morgan fingerprint density at radius 3 is 2.12 bits per heavy atom. The highest BCUT2D eigenvalue weighted by molar-refractivity contribution is 7.92. The molecule has 1 fully saturated rings. The van der Waals surface area contributed by atoms with Crippen molar-refractivity contribution in [3.8, 4) is 5.75 Å². The van der Waals surface area contributed by atoms with Crippen LogP contribution in [0.5, 0.6) is 5.75 Å². The molecule has 41 heavy (non-hydrogen) atoms. The maximum absolute atomic E-state index is 13.0. The normalized spacial score (nSPS) is 14.5. The summed E-state index contributed by atoms with van der Waals surface area (Å²) >= 11 is 0. The van der Waals surface area contributed by atoms with Crippen LogP contribution in [-0.2, 0) is 32.4 Å². The van der Waals surface area contributed by atoms with Crippen LogP contribution < -0.4 is 9.64 Å². The average molecular weight is 601 g/mol. The topological polar surface area (TPSA) is 114 Å². The molecule has 2 heterocycles. The molecule has 1 aliphatic rings. The molecule has 216 valence electrons. The van der Waals surface area contributed by atoms with E-state index in [2.05, 4.69) is 9.72 Å². The molecule has 0 radical (unpaired) electrons. The van der Waals surface area contributed by atoms with Gasteiger partial charge in [0.2, 0.25) is 0 Å². The lowest BCUT2D eigenvalue weighted by molar-refractivity contribution is -0.189. The molecule has 0 atom stereocenters. The zero-order valence-corrected chi connectivity index (χ0v) is 21.3. The van der Waals surface area contributed by atoms with E-state index in [4.69, 9.17) is 0 Å². The van der Waals surface area contributed by atoms with Gasteiger partial charge in [0, 0.05) is 18.9 Å². The Morgan fingerprint density at radius 1 is 0.902 bits per heavy atom. The number of pyridine rings is 1. The van der Waals surface area contributed by atoms with Gasteiger partial charge in [-0.2, -0.15) is 26.3 Å². The highest BCUT2D eigenvalue weighted by Crippen LogP contribution is 2.32. The van der Waals surface area contributed by atoms with Gasteiger partial charge in [-0.15, -0.1) is 0 Å². The first-order valence-corrected chi connectivity index (χ1v) is 12.9. The molecular weight excluding hydrogens is 584 g/mol. The quantitative estimate of drug-likeness (QED) is 0.171.